The summed E-state index contributed by atoms with van der Waals surface area (Å²) in [5.74, 6) is 0.503. The highest BCUT2D eigenvalue weighted by molar-refractivity contribution is 9.10. The Kier molecular flexibility index (Phi) is 6.87. The van der Waals surface area contributed by atoms with Gasteiger partial charge in [0.1, 0.15) is 5.70 Å². The Morgan fingerprint density at radius 1 is 0.938 bits per heavy atom. The standard InChI is InChI=1S/C25H21BrN2O4/c26-20-9-7-19(8-10-20)24(29)28-21(14-18-6-11-22-23(15-18)32-16-31-22)25(30)27-13-12-17-4-2-1-3-5-17/h1-11,14-15H,12-13,16H2,(H,27,30)(H,28,29). The van der Waals surface area contributed by atoms with Crippen molar-refractivity contribution in [2.75, 3.05) is 13.3 Å². The summed E-state index contributed by atoms with van der Waals surface area (Å²) in [6.07, 6.45) is 2.31. The number of nitrogens with one attached hydrogen (secondary N) is 2. The van der Waals surface area contributed by atoms with E-state index in [1.807, 2.05) is 30.3 Å². The van der Waals surface area contributed by atoms with Gasteiger partial charge >= 0.3 is 0 Å². The van der Waals surface area contributed by atoms with Crippen molar-refractivity contribution in [1.29, 1.82) is 0 Å². The fourth-order valence-corrected chi connectivity index (χ4v) is 3.45. The summed E-state index contributed by atoms with van der Waals surface area (Å²) in [5, 5.41) is 5.62. The number of halogens is 1. The molecule has 2 amide bonds. The molecule has 0 fully saturated rings. The molecule has 1 heterocycles. The van der Waals surface area contributed by atoms with Crippen LogP contribution in [-0.4, -0.2) is 25.2 Å². The molecule has 3 aromatic carbocycles. The molecular formula is C25H21BrN2O4. The molecule has 0 radical (unpaired) electrons. The Hall–Kier alpha value is -3.58. The first-order chi connectivity index (χ1) is 15.6. The summed E-state index contributed by atoms with van der Waals surface area (Å²) in [5.41, 5.74) is 2.42. The lowest BCUT2D eigenvalue weighted by atomic mass is 10.1. The van der Waals surface area contributed by atoms with Gasteiger partial charge < -0.3 is 20.1 Å². The van der Waals surface area contributed by atoms with Crippen LogP contribution >= 0.6 is 15.9 Å². The molecule has 32 heavy (non-hydrogen) atoms. The number of amides is 2. The minimum atomic E-state index is -0.372. The first-order valence-corrected chi connectivity index (χ1v) is 10.9. The lowest BCUT2D eigenvalue weighted by Crippen LogP contribution is -2.35. The van der Waals surface area contributed by atoms with Crippen LogP contribution in [0.2, 0.25) is 0 Å². The number of carbonyl (C=O) groups excluding carboxylic acids is 2. The van der Waals surface area contributed by atoms with E-state index in [0.29, 0.717) is 35.6 Å². The summed E-state index contributed by atoms with van der Waals surface area (Å²) in [7, 11) is 0. The number of rotatable bonds is 7. The fraction of sp³-hybridized carbons (Fsp3) is 0.120. The van der Waals surface area contributed by atoms with Crippen LogP contribution in [0.15, 0.2) is 83.0 Å². The van der Waals surface area contributed by atoms with Crippen molar-refractivity contribution in [1.82, 2.24) is 10.6 Å². The summed E-state index contributed by atoms with van der Waals surface area (Å²) in [4.78, 5) is 25.7. The third-order valence-corrected chi connectivity index (χ3v) is 5.38. The second kappa shape index (κ2) is 10.2. The predicted molar refractivity (Wildman–Crippen MR) is 125 cm³/mol. The Balaban J connectivity index is 1.51. The zero-order valence-corrected chi connectivity index (χ0v) is 18.7. The molecule has 4 rings (SSSR count). The molecule has 0 saturated heterocycles. The molecule has 0 unspecified atom stereocenters. The molecule has 0 atom stereocenters. The smallest absolute Gasteiger partial charge is 0.267 e. The van der Waals surface area contributed by atoms with Gasteiger partial charge in [-0.15, -0.1) is 0 Å². The van der Waals surface area contributed by atoms with Crippen LogP contribution in [0.5, 0.6) is 11.5 Å². The third kappa shape index (κ3) is 5.56. The minimum Gasteiger partial charge on any atom is -0.454 e. The molecule has 1 aliphatic rings. The largest absolute Gasteiger partial charge is 0.454 e. The SMILES string of the molecule is O=C(NCCc1ccccc1)C(=Cc1ccc2c(c1)OCO2)NC(=O)c1ccc(Br)cc1. The maximum Gasteiger partial charge on any atom is 0.267 e. The van der Waals surface area contributed by atoms with Gasteiger partial charge in [0.15, 0.2) is 11.5 Å². The van der Waals surface area contributed by atoms with Crippen molar-refractivity contribution in [3.63, 3.8) is 0 Å². The van der Waals surface area contributed by atoms with Crippen LogP contribution in [0.3, 0.4) is 0 Å². The van der Waals surface area contributed by atoms with E-state index in [1.165, 1.54) is 0 Å². The molecule has 0 aromatic heterocycles. The molecule has 6 nitrogen and oxygen atoms in total. The van der Waals surface area contributed by atoms with Gasteiger partial charge in [-0.05, 0) is 60.0 Å². The Morgan fingerprint density at radius 3 is 2.47 bits per heavy atom. The first-order valence-electron chi connectivity index (χ1n) is 10.1. The number of fused-ring (bicyclic) bond motifs is 1. The molecular weight excluding hydrogens is 472 g/mol. The predicted octanol–water partition coefficient (Wildman–Crippen LogP) is 4.31. The average molecular weight is 493 g/mol. The van der Waals surface area contributed by atoms with Gasteiger partial charge in [0.2, 0.25) is 6.79 Å². The van der Waals surface area contributed by atoms with Crippen LogP contribution in [0.4, 0.5) is 0 Å². The Labute approximate surface area is 194 Å². The molecule has 0 saturated carbocycles. The maximum atomic E-state index is 12.9. The summed E-state index contributed by atoms with van der Waals surface area (Å²) < 4.78 is 11.6. The topological polar surface area (TPSA) is 76.7 Å². The van der Waals surface area contributed by atoms with Crippen LogP contribution in [0.1, 0.15) is 21.5 Å². The Morgan fingerprint density at radius 2 is 1.69 bits per heavy atom. The van der Waals surface area contributed by atoms with Crippen LogP contribution in [0.25, 0.3) is 6.08 Å². The van der Waals surface area contributed by atoms with Gasteiger partial charge in [0, 0.05) is 16.6 Å². The molecule has 162 valence electrons. The zero-order valence-electron chi connectivity index (χ0n) is 17.1. The van der Waals surface area contributed by atoms with Crippen LogP contribution < -0.4 is 20.1 Å². The average Bonchev–Trinajstić information content (AvgIpc) is 3.27. The van der Waals surface area contributed by atoms with Gasteiger partial charge in [0.05, 0.1) is 0 Å². The number of benzene rings is 3. The molecule has 1 aliphatic heterocycles. The van der Waals surface area contributed by atoms with E-state index in [4.69, 9.17) is 9.47 Å². The third-order valence-electron chi connectivity index (χ3n) is 4.85. The van der Waals surface area contributed by atoms with Crippen molar-refractivity contribution in [2.45, 2.75) is 6.42 Å². The van der Waals surface area contributed by atoms with Crippen molar-refractivity contribution in [3.8, 4) is 11.5 Å². The van der Waals surface area contributed by atoms with Crippen molar-refractivity contribution < 1.29 is 19.1 Å². The van der Waals surface area contributed by atoms with E-state index in [1.54, 1.807) is 48.5 Å². The van der Waals surface area contributed by atoms with Gasteiger partial charge in [-0.3, -0.25) is 9.59 Å². The van der Waals surface area contributed by atoms with Crippen molar-refractivity contribution in [3.05, 3.63) is 99.7 Å². The monoisotopic (exact) mass is 492 g/mol. The molecule has 7 heteroatoms. The maximum absolute atomic E-state index is 12.9. The van der Waals surface area contributed by atoms with E-state index in [2.05, 4.69) is 26.6 Å². The summed E-state index contributed by atoms with van der Waals surface area (Å²) in [6, 6.07) is 22.1. The molecule has 0 aliphatic carbocycles. The Bertz CT molecular complexity index is 1140. The second-order valence-electron chi connectivity index (χ2n) is 7.12. The molecule has 0 spiro atoms. The highest BCUT2D eigenvalue weighted by atomic mass is 79.9. The summed E-state index contributed by atoms with van der Waals surface area (Å²) >= 11 is 3.36. The van der Waals surface area contributed by atoms with Crippen LogP contribution in [-0.2, 0) is 11.2 Å². The number of ether oxygens (including phenoxy) is 2. The highest BCUT2D eigenvalue weighted by Gasteiger charge is 2.17. The fourth-order valence-electron chi connectivity index (χ4n) is 3.18. The van der Waals surface area contributed by atoms with Crippen molar-refractivity contribution >= 4 is 33.8 Å². The molecule has 3 aromatic rings. The lowest BCUT2D eigenvalue weighted by Gasteiger charge is -2.12. The van der Waals surface area contributed by atoms with E-state index in [-0.39, 0.29) is 24.3 Å². The number of hydrogen-bond donors (Lipinski definition) is 2. The van der Waals surface area contributed by atoms with Gasteiger partial charge in [-0.25, -0.2) is 0 Å². The van der Waals surface area contributed by atoms with Gasteiger partial charge in [0.25, 0.3) is 11.8 Å². The second-order valence-corrected chi connectivity index (χ2v) is 8.04. The minimum absolute atomic E-state index is 0.143. The zero-order chi connectivity index (χ0) is 22.3. The number of carbonyl (C=O) groups is 2. The van der Waals surface area contributed by atoms with Gasteiger partial charge in [-0.1, -0.05) is 52.3 Å². The van der Waals surface area contributed by atoms with Crippen LogP contribution in [0, 0.1) is 0 Å². The molecule has 0 bridgehead atoms. The highest BCUT2D eigenvalue weighted by Crippen LogP contribution is 2.33. The first kappa shape index (κ1) is 21.6. The van der Waals surface area contributed by atoms with E-state index in [9.17, 15) is 9.59 Å². The quantitative estimate of drug-likeness (QED) is 0.481. The van der Waals surface area contributed by atoms with E-state index < -0.39 is 0 Å². The van der Waals surface area contributed by atoms with E-state index >= 15 is 0 Å². The lowest BCUT2D eigenvalue weighted by molar-refractivity contribution is -0.117. The molecule has 2 N–H and O–H groups in total. The van der Waals surface area contributed by atoms with Gasteiger partial charge in [-0.2, -0.15) is 0 Å². The normalized spacial score (nSPS) is 12.3. The summed E-state index contributed by atoms with van der Waals surface area (Å²) in [6.45, 7) is 0.602. The number of hydrogen-bond acceptors (Lipinski definition) is 4. The van der Waals surface area contributed by atoms with Crippen molar-refractivity contribution in [2.24, 2.45) is 0 Å². The van der Waals surface area contributed by atoms with E-state index in [0.717, 1.165) is 10.0 Å².